The molecule has 0 unspecified atom stereocenters. The van der Waals surface area contributed by atoms with Crippen molar-refractivity contribution >= 4 is 41.0 Å². The monoisotopic (exact) mass is 662 g/mol. The quantitative estimate of drug-likeness (QED) is 0.172. The Bertz CT molecular complexity index is 1590. The summed E-state index contributed by atoms with van der Waals surface area (Å²) < 4.78 is 55.5. The first-order valence-corrected chi connectivity index (χ1v) is 15.4. The Kier molecular flexibility index (Phi) is 10.6. The molecule has 0 spiro atoms. The topological polar surface area (TPSA) is 91.2 Å². The van der Waals surface area contributed by atoms with E-state index in [1.807, 2.05) is 30.5 Å². The van der Waals surface area contributed by atoms with Gasteiger partial charge in [0.25, 0.3) is 0 Å². The van der Waals surface area contributed by atoms with Crippen LogP contribution in [0.15, 0.2) is 61.2 Å². The lowest BCUT2D eigenvalue weighted by molar-refractivity contribution is -0.168. The molecule has 0 atom stereocenters. The molecule has 2 aliphatic rings. The van der Waals surface area contributed by atoms with E-state index >= 15 is 4.39 Å². The fourth-order valence-electron chi connectivity index (χ4n) is 4.77. The first kappa shape index (κ1) is 32.7. The van der Waals surface area contributed by atoms with Gasteiger partial charge in [0, 0.05) is 98.6 Å². The average molecular weight is 663 g/mol. The molecule has 5 heterocycles. The van der Waals surface area contributed by atoms with E-state index in [-0.39, 0.29) is 5.82 Å². The fraction of sp³-hybridized carbons (Fsp3) is 0.333. The maximum Gasteiger partial charge on any atom is 0.449 e. The van der Waals surface area contributed by atoms with Crippen molar-refractivity contribution in [2.45, 2.75) is 25.9 Å². The van der Waals surface area contributed by atoms with E-state index in [0.717, 1.165) is 69.2 Å². The summed E-state index contributed by atoms with van der Waals surface area (Å²) >= 11 is 7.91. The van der Waals surface area contributed by atoms with Crippen LogP contribution in [0.3, 0.4) is 0 Å². The van der Waals surface area contributed by atoms with Crippen LogP contribution >= 0.6 is 23.7 Å². The number of piperazine rings is 1. The molecule has 45 heavy (non-hydrogen) atoms. The van der Waals surface area contributed by atoms with Gasteiger partial charge in [-0.15, -0.1) is 0 Å². The van der Waals surface area contributed by atoms with Gasteiger partial charge in [-0.1, -0.05) is 11.6 Å². The number of ketones is 1. The number of pyridine rings is 2. The molecule has 4 aromatic rings. The van der Waals surface area contributed by atoms with Gasteiger partial charge in [0.1, 0.15) is 11.5 Å². The molecule has 6 rings (SSSR count). The van der Waals surface area contributed by atoms with E-state index in [0.29, 0.717) is 34.5 Å². The average Bonchev–Trinajstić information content (AvgIpc) is 3.73. The van der Waals surface area contributed by atoms with E-state index < -0.39 is 12.0 Å². The van der Waals surface area contributed by atoms with Crippen molar-refractivity contribution in [1.29, 1.82) is 0 Å². The van der Waals surface area contributed by atoms with Crippen molar-refractivity contribution < 1.29 is 22.4 Å². The fourth-order valence-corrected chi connectivity index (χ4v) is 5.81. The lowest BCUT2D eigenvalue weighted by atomic mass is 10.0. The third-order valence-electron chi connectivity index (χ3n) is 7.18. The number of Topliss-reactive ketones (excluding diaryl/α,β-unsaturated/α-hetero) is 1. The number of hydrogen-bond donors (Lipinski definition) is 2. The number of alkyl halides is 3. The number of benzene rings is 1. The van der Waals surface area contributed by atoms with Crippen LogP contribution < -0.4 is 14.9 Å². The van der Waals surface area contributed by atoms with Crippen molar-refractivity contribution in [3.63, 3.8) is 0 Å². The highest BCUT2D eigenvalue weighted by Crippen LogP contribution is 2.38. The number of anilines is 2. The summed E-state index contributed by atoms with van der Waals surface area (Å²) in [6.07, 6.45) is 4.71. The number of rotatable bonds is 7. The minimum absolute atomic E-state index is 0.347. The van der Waals surface area contributed by atoms with Crippen molar-refractivity contribution in [2.75, 3.05) is 48.9 Å². The van der Waals surface area contributed by atoms with Crippen molar-refractivity contribution in [1.82, 2.24) is 29.4 Å². The van der Waals surface area contributed by atoms with Gasteiger partial charge >= 0.3 is 6.18 Å². The van der Waals surface area contributed by atoms with Gasteiger partial charge in [-0.25, -0.2) is 18.4 Å². The highest BCUT2D eigenvalue weighted by molar-refractivity contribution is 7.98. The molecule has 15 heteroatoms. The van der Waals surface area contributed by atoms with Gasteiger partial charge in [0.05, 0.1) is 17.6 Å². The maximum atomic E-state index is 16.0. The number of halogens is 5. The van der Waals surface area contributed by atoms with Gasteiger partial charge in [-0.3, -0.25) is 9.78 Å². The van der Waals surface area contributed by atoms with E-state index in [2.05, 4.69) is 29.2 Å². The van der Waals surface area contributed by atoms with Gasteiger partial charge in [-0.05, 0) is 49.2 Å². The van der Waals surface area contributed by atoms with Gasteiger partial charge in [0.2, 0.25) is 5.78 Å². The molecular weight excluding hydrogens is 632 g/mol. The number of nitrogens with one attached hydrogen (secondary N) is 2. The molecule has 2 N–H and O–H groups in total. The zero-order chi connectivity index (χ0) is 32.0. The Balaban J connectivity index is 0.000000515. The van der Waals surface area contributed by atoms with E-state index in [9.17, 15) is 18.0 Å². The Hall–Kier alpha value is -3.72. The number of aromatic nitrogens is 4. The molecular formula is C30H31ClF4N8OS. The molecule has 0 bridgehead atoms. The molecule has 3 aromatic heterocycles. The summed E-state index contributed by atoms with van der Waals surface area (Å²) in [5, 5.41) is 8.67. The van der Waals surface area contributed by atoms with Crippen LogP contribution in [0.5, 0.6) is 0 Å². The smallest absolute Gasteiger partial charge is 0.354 e. The second kappa shape index (κ2) is 14.6. The lowest BCUT2D eigenvalue weighted by Crippen LogP contribution is -2.43. The van der Waals surface area contributed by atoms with Crippen LogP contribution in [0.1, 0.15) is 19.8 Å². The second-order valence-corrected chi connectivity index (χ2v) is 11.7. The Morgan fingerprint density at radius 2 is 1.71 bits per heavy atom. The van der Waals surface area contributed by atoms with Crippen LogP contribution in [-0.2, 0) is 4.79 Å². The SMILES string of the molecule is CC(=O)C(F)(F)F.Fc1c(NSN2CCCC2)cc(Cl)cc1-c1cn(-c2ccc(N3CCNCC3)nc2)nc1-c1ccncc1. The first-order valence-electron chi connectivity index (χ1n) is 14.3. The third kappa shape index (κ3) is 8.31. The summed E-state index contributed by atoms with van der Waals surface area (Å²) in [6, 6.07) is 11.0. The summed E-state index contributed by atoms with van der Waals surface area (Å²) in [6.45, 7) is 6.18. The first-order chi connectivity index (χ1) is 21.6. The number of hydrogen-bond acceptors (Lipinski definition) is 9. The number of carbonyl (C=O) groups is 1. The molecule has 2 fully saturated rings. The van der Waals surface area contributed by atoms with Gasteiger partial charge < -0.3 is 14.9 Å². The number of carbonyl (C=O) groups excluding carboxylic acids is 1. The summed E-state index contributed by atoms with van der Waals surface area (Å²) in [5.41, 5.74) is 3.62. The highest BCUT2D eigenvalue weighted by atomic mass is 35.5. The Morgan fingerprint density at radius 1 is 1.02 bits per heavy atom. The molecule has 1 aromatic carbocycles. The van der Waals surface area contributed by atoms with Crippen LogP contribution in [0.4, 0.5) is 29.1 Å². The molecule has 0 saturated carbocycles. The largest absolute Gasteiger partial charge is 0.449 e. The normalized spacial score (nSPS) is 15.5. The molecule has 9 nitrogen and oxygen atoms in total. The van der Waals surface area contributed by atoms with E-state index in [1.54, 1.807) is 35.4 Å². The number of nitrogens with zero attached hydrogens (tertiary/aromatic N) is 6. The summed E-state index contributed by atoms with van der Waals surface area (Å²) in [4.78, 5) is 20.4. The van der Waals surface area contributed by atoms with Crippen molar-refractivity contribution in [2.24, 2.45) is 0 Å². The summed E-state index contributed by atoms with van der Waals surface area (Å²) in [5.74, 6) is -1.19. The van der Waals surface area contributed by atoms with Crippen LogP contribution in [0.2, 0.25) is 5.02 Å². The molecule has 0 radical (unpaired) electrons. The minimum atomic E-state index is -4.64. The van der Waals surface area contributed by atoms with Gasteiger partial charge in [0.15, 0.2) is 5.82 Å². The van der Waals surface area contributed by atoms with Crippen LogP contribution in [0, 0.1) is 5.82 Å². The zero-order valence-electron chi connectivity index (χ0n) is 24.3. The standard InChI is InChI=1S/C27H28ClFN8S.C3H3F3O/c28-20-15-22(26(29)24(16-20)34-38-36-11-1-2-12-36)23-18-37(33-27(23)19-5-7-30-8-6-19)21-3-4-25(32-17-21)35-13-9-31-10-14-35;1-2(7)3(4,5)6/h3-8,15-18,31,34H,1-2,9-14H2;1H3. The summed E-state index contributed by atoms with van der Waals surface area (Å²) in [7, 11) is 0. The maximum absolute atomic E-state index is 16.0. The predicted molar refractivity (Wildman–Crippen MR) is 169 cm³/mol. The Morgan fingerprint density at radius 3 is 2.33 bits per heavy atom. The predicted octanol–water partition coefficient (Wildman–Crippen LogP) is 6.41. The van der Waals surface area contributed by atoms with Crippen LogP contribution in [0.25, 0.3) is 28.1 Å². The van der Waals surface area contributed by atoms with Crippen molar-refractivity contribution in [3.8, 4) is 28.1 Å². The molecule has 2 saturated heterocycles. The van der Waals surface area contributed by atoms with E-state index in [4.69, 9.17) is 16.7 Å². The molecule has 0 aliphatic carbocycles. The van der Waals surface area contributed by atoms with Crippen LogP contribution in [-0.4, -0.2) is 75.3 Å². The molecule has 2 aliphatic heterocycles. The zero-order valence-corrected chi connectivity index (χ0v) is 25.9. The molecule has 0 amide bonds. The minimum Gasteiger partial charge on any atom is -0.354 e. The van der Waals surface area contributed by atoms with Gasteiger partial charge in [-0.2, -0.15) is 18.3 Å². The lowest BCUT2D eigenvalue weighted by Gasteiger charge is -2.28. The third-order valence-corrected chi connectivity index (χ3v) is 8.34. The van der Waals surface area contributed by atoms with E-state index in [1.165, 1.54) is 12.1 Å². The highest BCUT2D eigenvalue weighted by Gasteiger charge is 2.33. The van der Waals surface area contributed by atoms with Crippen molar-refractivity contribution in [3.05, 3.63) is 72.0 Å². The molecule has 238 valence electrons. The second-order valence-electron chi connectivity index (χ2n) is 10.4. The Labute approximate surface area is 267 Å².